The number of aromatic nitrogens is 1. The number of pyridine rings is 1. The number of rotatable bonds is 5. The van der Waals surface area contributed by atoms with Crippen LogP contribution in [-0.2, 0) is 6.42 Å². The van der Waals surface area contributed by atoms with Crippen LogP contribution in [0.25, 0.3) is 0 Å². The Morgan fingerprint density at radius 1 is 1.26 bits per heavy atom. The van der Waals surface area contributed by atoms with Gasteiger partial charge in [-0.2, -0.15) is 11.3 Å². The molecule has 2 aromatic rings. The molecule has 2 aromatic heterocycles. The molecule has 0 bridgehead atoms. The minimum atomic E-state index is -0.286. The topological polar surface area (TPSA) is 94.0 Å². The highest BCUT2D eigenvalue weighted by Gasteiger charge is 2.33. The Morgan fingerprint density at radius 3 is 2.78 bits per heavy atom. The number of aliphatic hydroxyl groups is 1. The number of thiophene rings is 1. The average Bonchev–Trinajstić information content (AvgIpc) is 3.16. The molecule has 0 aromatic carbocycles. The molecule has 1 fully saturated rings. The second-order valence-corrected chi connectivity index (χ2v) is 7.26. The fourth-order valence-electron chi connectivity index (χ4n) is 3.37. The van der Waals surface area contributed by atoms with Crippen molar-refractivity contribution in [2.75, 3.05) is 26.2 Å². The molecule has 0 saturated carbocycles. The van der Waals surface area contributed by atoms with Crippen LogP contribution in [0, 0.1) is 0 Å². The summed E-state index contributed by atoms with van der Waals surface area (Å²) in [6.07, 6.45) is 3.86. The number of amides is 2. The predicted molar refractivity (Wildman–Crippen MR) is 102 cm³/mol. The van der Waals surface area contributed by atoms with Gasteiger partial charge in [-0.1, -0.05) is 6.92 Å². The maximum Gasteiger partial charge on any atom is 0.255 e. The van der Waals surface area contributed by atoms with Gasteiger partial charge in [-0.3, -0.25) is 14.6 Å². The van der Waals surface area contributed by atoms with E-state index in [4.69, 9.17) is 0 Å². The van der Waals surface area contributed by atoms with Crippen LogP contribution in [0.3, 0.4) is 0 Å². The highest BCUT2D eigenvalue weighted by Crippen LogP contribution is 2.22. The van der Waals surface area contributed by atoms with E-state index in [0.29, 0.717) is 31.6 Å². The molecule has 0 aliphatic carbocycles. The van der Waals surface area contributed by atoms with Crippen molar-refractivity contribution >= 4 is 23.2 Å². The Labute approximate surface area is 161 Å². The van der Waals surface area contributed by atoms with E-state index < -0.39 is 0 Å². The first-order valence-corrected chi connectivity index (χ1v) is 9.89. The van der Waals surface area contributed by atoms with Crippen molar-refractivity contribution in [3.63, 3.8) is 0 Å². The van der Waals surface area contributed by atoms with Gasteiger partial charge in [0.2, 0.25) is 0 Å². The molecule has 1 saturated heterocycles. The predicted octanol–water partition coefficient (Wildman–Crippen LogP) is 1.76. The van der Waals surface area contributed by atoms with Crippen molar-refractivity contribution in [1.29, 1.82) is 0 Å². The zero-order chi connectivity index (χ0) is 19.4. The van der Waals surface area contributed by atoms with Gasteiger partial charge < -0.3 is 20.0 Å². The highest BCUT2D eigenvalue weighted by atomic mass is 32.1. The Kier molecular flexibility index (Phi) is 6.08. The molecule has 7 nitrogen and oxygen atoms in total. The van der Waals surface area contributed by atoms with E-state index in [2.05, 4.69) is 4.98 Å². The Balaban J connectivity index is 1.77. The lowest BCUT2D eigenvalue weighted by molar-refractivity contribution is 0.0341. The van der Waals surface area contributed by atoms with Gasteiger partial charge in [0, 0.05) is 37.8 Å². The fraction of sp³-hybridized carbons (Fsp3) is 0.421. The monoisotopic (exact) mass is 389 g/mol. The molecule has 8 heteroatoms. The normalized spacial score (nSPS) is 17.2. The van der Waals surface area contributed by atoms with Gasteiger partial charge in [0.15, 0.2) is 0 Å². The van der Waals surface area contributed by atoms with Crippen molar-refractivity contribution in [1.82, 2.24) is 14.8 Å². The average molecular weight is 389 g/mol. The van der Waals surface area contributed by atoms with E-state index in [1.54, 1.807) is 9.80 Å². The molecule has 2 amide bonds. The van der Waals surface area contributed by atoms with Crippen LogP contribution in [0.2, 0.25) is 0 Å². The molecule has 27 heavy (non-hydrogen) atoms. The highest BCUT2D eigenvalue weighted by molar-refractivity contribution is 7.08. The number of aryl methyl sites for hydroxylation is 1. The van der Waals surface area contributed by atoms with Crippen LogP contribution in [0.1, 0.15) is 39.6 Å². The number of carbonyl (C=O) groups is 2. The van der Waals surface area contributed by atoms with Gasteiger partial charge in [-0.05, 0) is 29.9 Å². The van der Waals surface area contributed by atoms with E-state index in [1.165, 1.54) is 29.8 Å². The maximum atomic E-state index is 12.9. The molecule has 2 N–H and O–H groups in total. The van der Waals surface area contributed by atoms with Gasteiger partial charge in [0.25, 0.3) is 11.8 Å². The van der Waals surface area contributed by atoms with Crippen molar-refractivity contribution in [2.45, 2.75) is 25.8 Å². The molecule has 1 aliphatic rings. The summed E-state index contributed by atoms with van der Waals surface area (Å²) in [6.45, 7) is 3.12. The number of nitrogens with zero attached hydrogens (tertiary/aromatic N) is 3. The number of aliphatic hydroxyl groups excluding tert-OH is 1. The second-order valence-electron chi connectivity index (χ2n) is 6.51. The Morgan fingerprint density at radius 2 is 2.07 bits per heavy atom. The molecule has 1 unspecified atom stereocenters. The lowest BCUT2D eigenvalue weighted by Gasteiger charge is -2.41. The molecule has 3 rings (SSSR count). The maximum absolute atomic E-state index is 12.9. The number of hydrogen-bond donors (Lipinski definition) is 2. The minimum absolute atomic E-state index is 0.0258. The van der Waals surface area contributed by atoms with E-state index in [0.717, 1.165) is 17.5 Å². The Bertz CT molecular complexity index is 823. The third-order valence-electron chi connectivity index (χ3n) is 4.82. The molecule has 144 valence electrons. The van der Waals surface area contributed by atoms with Crippen molar-refractivity contribution in [2.24, 2.45) is 0 Å². The van der Waals surface area contributed by atoms with Gasteiger partial charge >= 0.3 is 0 Å². The zero-order valence-electron chi connectivity index (χ0n) is 15.2. The van der Waals surface area contributed by atoms with E-state index in [1.807, 2.05) is 17.7 Å². The zero-order valence-corrected chi connectivity index (χ0v) is 16.0. The van der Waals surface area contributed by atoms with E-state index in [-0.39, 0.29) is 30.2 Å². The van der Waals surface area contributed by atoms with Crippen molar-refractivity contribution in [3.05, 3.63) is 45.9 Å². The summed E-state index contributed by atoms with van der Waals surface area (Å²) >= 11 is 1.52. The van der Waals surface area contributed by atoms with Crippen LogP contribution in [0.4, 0.5) is 0 Å². The third-order valence-corrected chi connectivity index (χ3v) is 5.61. The number of aromatic hydroxyl groups is 1. The van der Waals surface area contributed by atoms with Crippen LogP contribution in [-0.4, -0.2) is 69.1 Å². The van der Waals surface area contributed by atoms with Gasteiger partial charge in [-0.25, -0.2) is 0 Å². The number of carbonyl (C=O) groups excluding carboxylic acids is 2. The Hall–Kier alpha value is -2.45. The first kappa shape index (κ1) is 19.3. The molecular formula is C19H23N3O4S. The number of hydrogen-bond acceptors (Lipinski definition) is 6. The van der Waals surface area contributed by atoms with Crippen molar-refractivity contribution in [3.8, 4) is 5.75 Å². The standard InChI is InChI=1S/C19H23N3O4S/c1-2-13-11-27-12-17(13)19(26)21-4-5-22(15(10-21)3-6-23)18(25)14-7-16(24)9-20-8-14/h7-9,11-12,15,23-24H,2-6,10H2,1H3. The molecule has 3 heterocycles. The summed E-state index contributed by atoms with van der Waals surface area (Å²) in [5.41, 5.74) is 2.05. The quantitative estimate of drug-likeness (QED) is 0.813. The molecule has 0 spiro atoms. The third kappa shape index (κ3) is 4.12. The fourth-order valence-corrected chi connectivity index (χ4v) is 4.28. The van der Waals surface area contributed by atoms with Gasteiger partial charge in [-0.15, -0.1) is 0 Å². The minimum Gasteiger partial charge on any atom is -0.506 e. The lowest BCUT2D eigenvalue weighted by atomic mass is 10.0. The van der Waals surface area contributed by atoms with Crippen LogP contribution < -0.4 is 0 Å². The summed E-state index contributed by atoms with van der Waals surface area (Å²) in [5, 5.41) is 22.9. The van der Waals surface area contributed by atoms with Crippen LogP contribution >= 0.6 is 11.3 Å². The molecule has 0 radical (unpaired) electrons. The lowest BCUT2D eigenvalue weighted by Crippen LogP contribution is -2.56. The first-order chi connectivity index (χ1) is 13.0. The van der Waals surface area contributed by atoms with Crippen LogP contribution in [0.15, 0.2) is 29.2 Å². The SMILES string of the molecule is CCc1cscc1C(=O)N1CCN(C(=O)c2cncc(O)c2)C(CCO)C1. The summed E-state index contributed by atoms with van der Waals surface area (Å²) in [7, 11) is 0. The van der Waals surface area contributed by atoms with Gasteiger partial charge in [0.05, 0.1) is 23.4 Å². The van der Waals surface area contributed by atoms with E-state index >= 15 is 0 Å². The largest absolute Gasteiger partial charge is 0.506 e. The summed E-state index contributed by atoms with van der Waals surface area (Å²) in [4.78, 5) is 33.0. The molecule has 1 atom stereocenters. The first-order valence-electron chi connectivity index (χ1n) is 8.95. The van der Waals surface area contributed by atoms with Gasteiger partial charge in [0.1, 0.15) is 5.75 Å². The summed E-state index contributed by atoms with van der Waals surface area (Å²) in [5.74, 6) is -0.353. The number of piperazine rings is 1. The van der Waals surface area contributed by atoms with E-state index in [9.17, 15) is 19.8 Å². The summed E-state index contributed by atoms with van der Waals surface area (Å²) < 4.78 is 0. The van der Waals surface area contributed by atoms with Crippen LogP contribution in [0.5, 0.6) is 5.75 Å². The molecular weight excluding hydrogens is 366 g/mol. The smallest absolute Gasteiger partial charge is 0.255 e. The molecule has 1 aliphatic heterocycles. The second kappa shape index (κ2) is 8.49. The van der Waals surface area contributed by atoms with Crippen molar-refractivity contribution < 1.29 is 19.8 Å². The summed E-state index contributed by atoms with van der Waals surface area (Å²) in [6, 6.07) is 1.09.